The lowest BCUT2D eigenvalue weighted by Crippen LogP contribution is -2.38. The molecule has 1 atom stereocenters. The number of urea groups is 1. The minimum Gasteiger partial charge on any atom is -0.497 e. The van der Waals surface area contributed by atoms with E-state index in [1.807, 2.05) is 38.4 Å². The number of nitrogens with one attached hydrogen (secondary N) is 2. The molecule has 0 bridgehead atoms. The highest BCUT2D eigenvalue weighted by Crippen LogP contribution is 2.29. The van der Waals surface area contributed by atoms with Crippen molar-refractivity contribution in [2.75, 3.05) is 20.8 Å². The van der Waals surface area contributed by atoms with Gasteiger partial charge in [0.25, 0.3) is 0 Å². The number of carbonyl (C=O) groups is 1. The highest BCUT2D eigenvalue weighted by atomic mass is 16.5. The SMILES string of the molecule is COc1ccc(OC)c([C@H](C)NC(=O)NCCc2cnn(C)c2)c1. The number of ether oxygens (including phenoxy) is 2. The summed E-state index contributed by atoms with van der Waals surface area (Å²) >= 11 is 0. The number of hydrogen-bond donors (Lipinski definition) is 2. The molecule has 0 aliphatic carbocycles. The normalized spacial score (nSPS) is 11.7. The smallest absolute Gasteiger partial charge is 0.315 e. The van der Waals surface area contributed by atoms with E-state index < -0.39 is 0 Å². The van der Waals surface area contributed by atoms with Crippen LogP contribution in [-0.4, -0.2) is 36.6 Å². The summed E-state index contributed by atoms with van der Waals surface area (Å²) in [4.78, 5) is 12.1. The molecule has 1 aromatic carbocycles. The van der Waals surface area contributed by atoms with Crippen LogP contribution in [0.25, 0.3) is 0 Å². The number of rotatable bonds is 7. The van der Waals surface area contributed by atoms with Crippen LogP contribution < -0.4 is 20.1 Å². The van der Waals surface area contributed by atoms with Crippen molar-refractivity contribution < 1.29 is 14.3 Å². The van der Waals surface area contributed by atoms with E-state index in [2.05, 4.69) is 15.7 Å². The van der Waals surface area contributed by atoms with Crippen molar-refractivity contribution in [2.24, 2.45) is 7.05 Å². The van der Waals surface area contributed by atoms with Crippen molar-refractivity contribution in [3.05, 3.63) is 41.7 Å². The number of hydrogen-bond acceptors (Lipinski definition) is 4. The number of aromatic nitrogens is 2. The molecular weight excluding hydrogens is 308 g/mol. The summed E-state index contributed by atoms with van der Waals surface area (Å²) in [6, 6.07) is 5.07. The van der Waals surface area contributed by atoms with Gasteiger partial charge in [0.05, 0.1) is 26.5 Å². The molecule has 0 radical (unpaired) electrons. The average Bonchev–Trinajstić information content (AvgIpc) is 2.99. The Morgan fingerprint density at radius 2 is 2.12 bits per heavy atom. The summed E-state index contributed by atoms with van der Waals surface area (Å²) in [6.45, 7) is 2.44. The maximum atomic E-state index is 12.1. The first kappa shape index (κ1) is 17.7. The second-order valence-electron chi connectivity index (χ2n) is 5.50. The molecule has 7 nitrogen and oxygen atoms in total. The van der Waals surface area contributed by atoms with Crippen molar-refractivity contribution in [3.63, 3.8) is 0 Å². The predicted octanol–water partition coefficient (Wildman–Crippen LogP) is 2.04. The lowest BCUT2D eigenvalue weighted by atomic mass is 10.1. The zero-order valence-corrected chi connectivity index (χ0v) is 14.5. The Hall–Kier alpha value is -2.70. The topological polar surface area (TPSA) is 77.4 Å². The summed E-state index contributed by atoms with van der Waals surface area (Å²) in [5.41, 5.74) is 1.94. The van der Waals surface area contributed by atoms with Crippen molar-refractivity contribution in [2.45, 2.75) is 19.4 Å². The van der Waals surface area contributed by atoms with E-state index in [9.17, 15) is 4.79 Å². The molecule has 1 heterocycles. The second-order valence-corrected chi connectivity index (χ2v) is 5.50. The highest BCUT2D eigenvalue weighted by molar-refractivity contribution is 5.74. The standard InChI is InChI=1S/C17H24N4O3/c1-12(15-9-14(23-3)5-6-16(15)24-4)20-17(22)18-8-7-13-10-19-21(2)11-13/h5-6,9-12H,7-8H2,1-4H3,(H2,18,20,22)/t12-/m0/s1. The summed E-state index contributed by atoms with van der Waals surface area (Å²) < 4.78 is 12.3. The molecule has 1 aromatic heterocycles. The summed E-state index contributed by atoms with van der Waals surface area (Å²) in [7, 11) is 5.08. The Kier molecular flexibility index (Phi) is 6.06. The molecule has 2 amide bonds. The molecule has 2 N–H and O–H groups in total. The number of amides is 2. The van der Waals surface area contributed by atoms with Gasteiger partial charge in [0.1, 0.15) is 11.5 Å². The van der Waals surface area contributed by atoms with Crippen LogP contribution >= 0.6 is 0 Å². The van der Waals surface area contributed by atoms with Gasteiger partial charge >= 0.3 is 6.03 Å². The molecule has 0 saturated heterocycles. The first-order valence-corrected chi connectivity index (χ1v) is 7.77. The van der Waals surface area contributed by atoms with Gasteiger partial charge in [-0.2, -0.15) is 5.10 Å². The van der Waals surface area contributed by atoms with E-state index in [0.717, 1.165) is 23.3 Å². The van der Waals surface area contributed by atoms with Crippen LogP contribution in [0.4, 0.5) is 4.79 Å². The molecule has 0 unspecified atom stereocenters. The molecule has 0 aliphatic rings. The molecule has 7 heteroatoms. The third-order valence-corrected chi connectivity index (χ3v) is 3.71. The fraction of sp³-hybridized carbons (Fsp3) is 0.412. The number of carbonyl (C=O) groups excluding carboxylic acids is 1. The zero-order chi connectivity index (χ0) is 17.5. The Morgan fingerprint density at radius 1 is 1.33 bits per heavy atom. The average molecular weight is 332 g/mol. The Morgan fingerprint density at radius 3 is 2.75 bits per heavy atom. The lowest BCUT2D eigenvalue weighted by Gasteiger charge is -2.18. The summed E-state index contributed by atoms with van der Waals surface area (Å²) in [6.07, 6.45) is 4.46. The maximum absolute atomic E-state index is 12.1. The fourth-order valence-electron chi connectivity index (χ4n) is 2.42. The van der Waals surface area contributed by atoms with E-state index in [1.54, 1.807) is 25.1 Å². The third kappa shape index (κ3) is 4.65. The first-order chi connectivity index (χ1) is 11.5. The molecule has 2 rings (SSSR count). The Labute approximate surface area is 142 Å². The van der Waals surface area contributed by atoms with E-state index >= 15 is 0 Å². The molecule has 0 fully saturated rings. The van der Waals surface area contributed by atoms with Gasteiger partial charge in [-0.05, 0) is 37.1 Å². The van der Waals surface area contributed by atoms with Crippen molar-refractivity contribution >= 4 is 6.03 Å². The van der Waals surface area contributed by atoms with Crippen LogP contribution in [0.15, 0.2) is 30.6 Å². The van der Waals surface area contributed by atoms with Crippen molar-refractivity contribution in [1.29, 1.82) is 0 Å². The summed E-state index contributed by atoms with van der Waals surface area (Å²) in [5.74, 6) is 1.43. The molecular formula is C17H24N4O3. The van der Waals surface area contributed by atoms with Gasteiger partial charge in [-0.3, -0.25) is 4.68 Å². The van der Waals surface area contributed by atoms with Gasteiger partial charge in [-0.25, -0.2) is 4.79 Å². The van der Waals surface area contributed by atoms with Crippen LogP contribution in [0.3, 0.4) is 0 Å². The molecule has 130 valence electrons. The molecule has 24 heavy (non-hydrogen) atoms. The zero-order valence-electron chi connectivity index (χ0n) is 14.5. The van der Waals surface area contributed by atoms with Crippen molar-refractivity contribution in [3.8, 4) is 11.5 Å². The quantitative estimate of drug-likeness (QED) is 0.813. The third-order valence-electron chi connectivity index (χ3n) is 3.71. The Bertz CT molecular complexity index is 684. The van der Waals surface area contributed by atoms with E-state index in [1.165, 1.54) is 0 Å². The predicted molar refractivity (Wildman–Crippen MR) is 91.4 cm³/mol. The minimum atomic E-state index is -0.226. The van der Waals surface area contributed by atoms with Gasteiger partial charge in [0, 0.05) is 25.4 Å². The number of methoxy groups -OCH3 is 2. The van der Waals surface area contributed by atoms with Gasteiger partial charge in [-0.1, -0.05) is 0 Å². The number of benzene rings is 1. The van der Waals surface area contributed by atoms with Crippen LogP contribution in [0.1, 0.15) is 24.1 Å². The second kappa shape index (κ2) is 8.24. The highest BCUT2D eigenvalue weighted by Gasteiger charge is 2.15. The van der Waals surface area contributed by atoms with Crippen LogP contribution in [0, 0.1) is 0 Å². The van der Waals surface area contributed by atoms with Gasteiger partial charge in [0.2, 0.25) is 0 Å². The van der Waals surface area contributed by atoms with E-state index in [4.69, 9.17) is 9.47 Å². The van der Waals surface area contributed by atoms with Crippen LogP contribution in [0.5, 0.6) is 11.5 Å². The lowest BCUT2D eigenvalue weighted by molar-refractivity contribution is 0.238. The largest absolute Gasteiger partial charge is 0.497 e. The molecule has 0 spiro atoms. The van der Waals surface area contributed by atoms with Crippen molar-refractivity contribution in [1.82, 2.24) is 20.4 Å². The van der Waals surface area contributed by atoms with Gasteiger partial charge in [0.15, 0.2) is 0 Å². The fourth-order valence-corrected chi connectivity index (χ4v) is 2.42. The maximum Gasteiger partial charge on any atom is 0.315 e. The van der Waals surface area contributed by atoms with E-state index in [-0.39, 0.29) is 12.1 Å². The van der Waals surface area contributed by atoms with Crippen LogP contribution in [0.2, 0.25) is 0 Å². The first-order valence-electron chi connectivity index (χ1n) is 7.77. The monoisotopic (exact) mass is 332 g/mol. The Balaban J connectivity index is 1.88. The van der Waals surface area contributed by atoms with Gasteiger partial charge in [-0.15, -0.1) is 0 Å². The van der Waals surface area contributed by atoms with Crippen LogP contribution in [-0.2, 0) is 13.5 Å². The molecule has 0 aliphatic heterocycles. The number of aryl methyl sites for hydroxylation is 1. The minimum absolute atomic E-state index is 0.214. The van der Waals surface area contributed by atoms with Gasteiger partial charge < -0.3 is 20.1 Å². The van der Waals surface area contributed by atoms with E-state index in [0.29, 0.717) is 12.3 Å². The number of nitrogens with zero attached hydrogens (tertiary/aromatic N) is 2. The molecule has 0 saturated carbocycles. The summed E-state index contributed by atoms with van der Waals surface area (Å²) in [5, 5.41) is 9.86. The molecule has 2 aromatic rings.